The molecule has 0 spiro atoms. The average Bonchev–Trinajstić information content (AvgIpc) is 2.39. The van der Waals surface area contributed by atoms with E-state index in [0.29, 0.717) is 12.1 Å². The Morgan fingerprint density at radius 1 is 1.11 bits per heavy atom. The molecule has 3 nitrogen and oxygen atoms in total. The van der Waals surface area contributed by atoms with E-state index in [1.165, 1.54) is 38.8 Å². The summed E-state index contributed by atoms with van der Waals surface area (Å²) >= 11 is 0. The van der Waals surface area contributed by atoms with Crippen molar-refractivity contribution in [1.29, 1.82) is 0 Å². The predicted molar refractivity (Wildman–Crippen MR) is 80.6 cm³/mol. The summed E-state index contributed by atoms with van der Waals surface area (Å²) in [6.45, 7) is 15.0. The standard InChI is InChI=1S/C16H32N2O/c1-14(17-8-6-5-7-9-17)12-15-13-18(10-11-19-15)16(2,3)4/h14-15H,5-13H2,1-4H3. The van der Waals surface area contributed by atoms with Crippen LogP contribution in [0.15, 0.2) is 0 Å². The fourth-order valence-corrected chi connectivity index (χ4v) is 3.36. The van der Waals surface area contributed by atoms with E-state index in [1.54, 1.807) is 0 Å². The van der Waals surface area contributed by atoms with Crippen LogP contribution in [0.3, 0.4) is 0 Å². The van der Waals surface area contributed by atoms with Gasteiger partial charge in [-0.25, -0.2) is 0 Å². The number of ether oxygens (including phenoxy) is 1. The molecule has 0 amide bonds. The fraction of sp³-hybridized carbons (Fsp3) is 1.00. The number of rotatable bonds is 3. The Morgan fingerprint density at radius 2 is 1.79 bits per heavy atom. The summed E-state index contributed by atoms with van der Waals surface area (Å²) in [5.74, 6) is 0. The Balaban J connectivity index is 1.81. The molecule has 2 saturated heterocycles. The molecule has 0 aromatic carbocycles. The lowest BCUT2D eigenvalue weighted by molar-refractivity contribution is -0.0692. The molecular formula is C16H32N2O. The highest BCUT2D eigenvalue weighted by atomic mass is 16.5. The molecule has 2 atom stereocenters. The first-order valence-corrected chi connectivity index (χ1v) is 8.07. The third-order valence-corrected chi connectivity index (χ3v) is 4.71. The third-order valence-electron chi connectivity index (χ3n) is 4.71. The van der Waals surface area contributed by atoms with Crippen LogP contribution in [0.5, 0.6) is 0 Å². The van der Waals surface area contributed by atoms with Gasteiger partial charge >= 0.3 is 0 Å². The van der Waals surface area contributed by atoms with Gasteiger partial charge in [-0.05, 0) is 60.0 Å². The summed E-state index contributed by atoms with van der Waals surface area (Å²) in [6, 6.07) is 0.671. The molecule has 0 saturated carbocycles. The highest BCUT2D eigenvalue weighted by molar-refractivity contribution is 4.84. The highest BCUT2D eigenvalue weighted by Gasteiger charge is 2.30. The maximum Gasteiger partial charge on any atom is 0.0717 e. The van der Waals surface area contributed by atoms with Crippen molar-refractivity contribution in [2.75, 3.05) is 32.8 Å². The number of piperidine rings is 1. The second kappa shape index (κ2) is 6.55. The van der Waals surface area contributed by atoms with Crippen molar-refractivity contribution in [2.24, 2.45) is 0 Å². The maximum absolute atomic E-state index is 6.00. The van der Waals surface area contributed by atoms with Crippen molar-refractivity contribution in [3.63, 3.8) is 0 Å². The van der Waals surface area contributed by atoms with Crippen LogP contribution in [-0.4, -0.2) is 60.3 Å². The second-order valence-corrected chi connectivity index (χ2v) is 7.29. The molecule has 112 valence electrons. The van der Waals surface area contributed by atoms with E-state index in [1.807, 2.05) is 0 Å². The summed E-state index contributed by atoms with van der Waals surface area (Å²) in [5.41, 5.74) is 0.274. The molecule has 0 aromatic rings. The molecule has 19 heavy (non-hydrogen) atoms. The monoisotopic (exact) mass is 268 g/mol. The topological polar surface area (TPSA) is 15.7 Å². The summed E-state index contributed by atoms with van der Waals surface area (Å²) in [5, 5.41) is 0. The zero-order valence-corrected chi connectivity index (χ0v) is 13.3. The van der Waals surface area contributed by atoms with Gasteiger partial charge in [-0.1, -0.05) is 6.42 Å². The van der Waals surface area contributed by atoms with Gasteiger partial charge in [-0.3, -0.25) is 4.90 Å². The third kappa shape index (κ3) is 4.44. The van der Waals surface area contributed by atoms with Crippen molar-refractivity contribution >= 4 is 0 Å². The Morgan fingerprint density at radius 3 is 2.42 bits per heavy atom. The van der Waals surface area contributed by atoms with E-state index in [2.05, 4.69) is 37.5 Å². The molecule has 2 unspecified atom stereocenters. The van der Waals surface area contributed by atoms with E-state index in [0.717, 1.165) is 19.7 Å². The van der Waals surface area contributed by atoms with Gasteiger partial charge in [0.1, 0.15) is 0 Å². The summed E-state index contributed by atoms with van der Waals surface area (Å²) in [6.07, 6.45) is 5.78. The smallest absolute Gasteiger partial charge is 0.0717 e. The zero-order valence-electron chi connectivity index (χ0n) is 13.3. The number of likely N-dealkylation sites (tertiary alicyclic amines) is 1. The first kappa shape index (κ1) is 15.3. The summed E-state index contributed by atoms with van der Waals surface area (Å²) in [4.78, 5) is 5.23. The molecule has 0 radical (unpaired) electrons. The predicted octanol–water partition coefficient (Wildman–Crippen LogP) is 2.75. The molecule has 2 aliphatic rings. The van der Waals surface area contributed by atoms with Crippen molar-refractivity contribution in [2.45, 2.75) is 71.1 Å². The van der Waals surface area contributed by atoms with Crippen molar-refractivity contribution in [3.05, 3.63) is 0 Å². The first-order chi connectivity index (χ1) is 8.97. The maximum atomic E-state index is 6.00. The zero-order chi connectivity index (χ0) is 13.9. The van der Waals surface area contributed by atoms with E-state index >= 15 is 0 Å². The van der Waals surface area contributed by atoms with Crippen LogP contribution in [0.25, 0.3) is 0 Å². The fourth-order valence-electron chi connectivity index (χ4n) is 3.36. The van der Waals surface area contributed by atoms with Crippen molar-refractivity contribution < 1.29 is 4.74 Å². The van der Waals surface area contributed by atoms with Crippen LogP contribution in [0.1, 0.15) is 53.4 Å². The molecule has 3 heteroatoms. The number of hydrogen-bond acceptors (Lipinski definition) is 3. The van der Waals surface area contributed by atoms with Gasteiger partial charge in [0, 0.05) is 24.7 Å². The largest absolute Gasteiger partial charge is 0.375 e. The molecule has 2 heterocycles. The molecule has 0 aliphatic carbocycles. The first-order valence-electron chi connectivity index (χ1n) is 8.07. The molecular weight excluding hydrogens is 236 g/mol. The van der Waals surface area contributed by atoms with Gasteiger partial charge in [-0.15, -0.1) is 0 Å². The molecule has 0 bridgehead atoms. The van der Waals surface area contributed by atoms with Gasteiger partial charge in [0.15, 0.2) is 0 Å². The van der Waals surface area contributed by atoms with Crippen LogP contribution in [0.2, 0.25) is 0 Å². The SMILES string of the molecule is CC(CC1CN(C(C)(C)C)CCO1)N1CCCCC1. The van der Waals surface area contributed by atoms with Crippen LogP contribution >= 0.6 is 0 Å². The van der Waals surface area contributed by atoms with Gasteiger partial charge < -0.3 is 9.64 Å². The Kier molecular flexibility index (Phi) is 5.27. The summed E-state index contributed by atoms with van der Waals surface area (Å²) in [7, 11) is 0. The normalized spacial score (nSPS) is 29.4. The number of hydrogen-bond donors (Lipinski definition) is 0. The minimum Gasteiger partial charge on any atom is -0.375 e. The lowest BCUT2D eigenvalue weighted by atomic mass is 10.0. The Hall–Kier alpha value is -0.120. The van der Waals surface area contributed by atoms with Gasteiger partial charge in [0.05, 0.1) is 12.7 Å². The Labute approximate surface area is 119 Å². The molecule has 2 rings (SSSR count). The molecule has 2 fully saturated rings. The van der Waals surface area contributed by atoms with E-state index < -0.39 is 0 Å². The van der Waals surface area contributed by atoms with Crippen molar-refractivity contribution in [3.8, 4) is 0 Å². The lowest BCUT2D eigenvalue weighted by Gasteiger charge is -2.43. The van der Waals surface area contributed by atoms with Crippen molar-refractivity contribution in [1.82, 2.24) is 9.80 Å². The quantitative estimate of drug-likeness (QED) is 0.783. The minimum atomic E-state index is 0.274. The van der Waals surface area contributed by atoms with Gasteiger partial charge in [-0.2, -0.15) is 0 Å². The average molecular weight is 268 g/mol. The molecule has 2 aliphatic heterocycles. The van der Waals surface area contributed by atoms with Gasteiger partial charge in [0.25, 0.3) is 0 Å². The minimum absolute atomic E-state index is 0.274. The molecule has 0 aromatic heterocycles. The van der Waals surface area contributed by atoms with Crippen LogP contribution in [0, 0.1) is 0 Å². The lowest BCUT2D eigenvalue weighted by Crippen LogP contribution is -2.52. The van der Waals surface area contributed by atoms with Crippen LogP contribution in [0.4, 0.5) is 0 Å². The van der Waals surface area contributed by atoms with Gasteiger partial charge in [0.2, 0.25) is 0 Å². The van der Waals surface area contributed by atoms with Crippen LogP contribution < -0.4 is 0 Å². The summed E-state index contributed by atoms with van der Waals surface area (Å²) < 4.78 is 6.00. The second-order valence-electron chi connectivity index (χ2n) is 7.29. The van der Waals surface area contributed by atoms with E-state index in [9.17, 15) is 0 Å². The number of nitrogens with zero attached hydrogens (tertiary/aromatic N) is 2. The van der Waals surface area contributed by atoms with E-state index in [4.69, 9.17) is 4.74 Å². The highest BCUT2D eigenvalue weighted by Crippen LogP contribution is 2.22. The number of morpholine rings is 1. The Bertz CT molecular complexity index is 268. The van der Waals surface area contributed by atoms with E-state index in [-0.39, 0.29) is 5.54 Å². The van der Waals surface area contributed by atoms with Crippen LogP contribution in [-0.2, 0) is 4.74 Å². The molecule has 0 N–H and O–H groups in total.